The molecule has 3 aromatic carbocycles. The molecule has 0 aromatic heterocycles. The molecule has 1 N–H and O–H groups in total. The number of halogens is 1. The summed E-state index contributed by atoms with van der Waals surface area (Å²) in [7, 11) is 0. The molecule has 5 rings (SSSR count). The highest BCUT2D eigenvalue weighted by Crippen LogP contribution is 2.44. The number of aliphatic hydroxyl groups is 1. The van der Waals surface area contributed by atoms with Crippen molar-refractivity contribution in [3.8, 4) is 0 Å². The van der Waals surface area contributed by atoms with Crippen molar-refractivity contribution in [3.63, 3.8) is 0 Å². The predicted molar refractivity (Wildman–Crippen MR) is 119 cm³/mol. The maximum Gasteiger partial charge on any atom is 0.199 e. The minimum atomic E-state index is -0.220. The third kappa shape index (κ3) is 3.12. The van der Waals surface area contributed by atoms with Crippen molar-refractivity contribution >= 4 is 27.5 Å². The number of rotatable bonds is 3. The van der Waals surface area contributed by atoms with Crippen molar-refractivity contribution in [2.24, 2.45) is 10.2 Å². The molecule has 1 aliphatic heterocycles. The summed E-state index contributed by atoms with van der Waals surface area (Å²) in [5.41, 5.74) is 3.77. The molecule has 2 atom stereocenters. The number of ketones is 1. The molecule has 4 nitrogen and oxygen atoms in total. The van der Waals surface area contributed by atoms with Crippen LogP contribution in [0.25, 0.3) is 5.76 Å². The van der Waals surface area contributed by atoms with Gasteiger partial charge in [0.15, 0.2) is 5.78 Å². The maximum atomic E-state index is 13.0. The Bertz CT molecular complexity index is 1230. The zero-order valence-electron chi connectivity index (χ0n) is 15.9. The first-order valence-corrected chi connectivity index (χ1v) is 10.4. The van der Waals surface area contributed by atoms with E-state index in [1.165, 1.54) is 0 Å². The third-order valence-corrected chi connectivity index (χ3v) is 6.04. The van der Waals surface area contributed by atoms with E-state index in [2.05, 4.69) is 26.2 Å². The monoisotopic (exact) mass is 456 g/mol. The van der Waals surface area contributed by atoms with E-state index in [9.17, 15) is 9.90 Å². The molecule has 2 aliphatic rings. The van der Waals surface area contributed by atoms with Crippen molar-refractivity contribution in [2.45, 2.75) is 12.0 Å². The van der Waals surface area contributed by atoms with Crippen LogP contribution in [0.4, 0.5) is 0 Å². The lowest BCUT2D eigenvalue weighted by atomic mass is 9.85. The van der Waals surface area contributed by atoms with Gasteiger partial charge in [-0.15, -0.1) is 0 Å². The first-order chi connectivity index (χ1) is 14.6. The van der Waals surface area contributed by atoms with Crippen LogP contribution in [0.15, 0.2) is 111 Å². The molecule has 146 valence electrons. The molecular formula is C25H17BrN2O2. The summed E-state index contributed by atoms with van der Waals surface area (Å²) in [6, 6.07) is 24.9. The number of benzene rings is 3. The standard InChI is InChI=1S/C25H17BrN2O2/c26-17-12-10-16(11-13-17)23-20(15-6-2-1-3-7-15)14-21(27-28-23)22-24(29)18-8-4-5-9-19(18)25(22)30/h1-14,20,23,29H/t20-,23+/m1/s1. The van der Waals surface area contributed by atoms with Gasteiger partial charge in [-0.1, -0.05) is 82.7 Å². The first-order valence-electron chi connectivity index (χ1n) is 9.64. The van der Waals surface area contributed by atoms with Crippen molar-refractivity contribution in [1.82, 2.24) is 0 Å². The smallest absolute Gasteiger partial charge is 0.199 e. The summed E-state index contributed by atoms with van der Waals surface area (Å²) >= 11 is 3.47. The Morgan fingerprint density at radius 3 is 2.17 bits per heavy atom. The molecule has 30 heavy (non-hydrogen) atoms. The fourth-order valence-electron chi connectivity index (χ4n) is 4.01. The van der Waals surface area contributed by atoms with Gasteiger partial charge in [0.05, 0.1) is 11.3 Å². The predicted octanol–water partition coefficient (Wildman–Crippen LogP) is 6.79. The van der Waals surface area contributed by atoms with Gasteiger partial charge < -0.3 is 5.11 Å². The van der Waals surface area contributed by atoms with Crippen molar-refractivity contribution in [2.75, 3.05) is 0 Å². The van der Waals surface area contributed by atoms with E-state index in [0.29, 0.717) is 16.8 Å². The van der Waals surface area contributed by atoms with Gasteiger partial charge in [0, 0.05) is 21.5 Å². The number of allylic oxidation sites excluding steroid dienone is 1. The fraction of sp³-hybridized carbons (Fsp3) is 0.0800. The van der Waals surface area contributed by atoms with Crippen LogP contribution in [0.2, 0.25) is 0 Å². The summed E-state index contributed by atoms with van der Waals surface area (Å²) in [4.78, 5) is 13.0. The molecule has 3 aromatic rings. The largest absolute Gasteiger partial charge is 0.506 e. The van der Waals surface area contributed by atoms with Crippen LogP contribution in [0.5, 0.6) is 0 Å². The van der Waals surface area contributed by atoms with Gasteiger partial charge in [-0.3, -0.25) is 4.79 Å². The number of hydrogen-bond donors (Lipinski definition) is 1. The van der Waals surface area contributed by atoms with Crippen molar-refractivity contribution in [3.05, 3.63) is 123 Å². The van der Waals surface area contributed by atoms with Gasteiger partial charge >= 0.3 is 0 Å². The molecule has 0 amide bonds. The van der Waals surface area contributed by atoms with E-state index in [0.717, 1.165) is 15.6 Å². The SMILES string of the molecule is O=C1C(C2=C[C@H](c3ccccc3)[C@H](c3ccc(Br)cc3)N=N2)=C(O)c2ccccc21. The Morgan fingerprint density at radius 1 is 0.800 bits per heavy atom. The van der Waals surface area contributed by atoms with Gasteiger partial charge in [0.1, 0.15) is 11.8 Å². The Hall–Kier alpha value is -3.31. The average Bonchev–Trinajstić information content (AvgIpc) is 3.05. The zero-order valence-corrected chi connectivity index (χ0v) is 17.5. The maximum absolute atomic E-state index is 13.0. The molecule has 0 bridgehead atoms. The highest BCUT2D eigenvalue weighted by molar-refractivity contribution is 9.10. The van der Waals surface area contributed by atoms with Crippen molar-refractivity contribution in [1.29, 1.82) is 0 Å². The minimum Gasteiger partial charge on any atom is -0.506 e. The lowest BCUT2D eigenvalue weighted by Crippen LogP contribution is -2.13. The second kappa shape index (κ2) is 7.50. The summed E-state index contributed by atoms with van der Waals surface area (Å²) in [5.74, 6) is -0.367. The fourth-order valence-corrected chi connectivity index (χ4v) is 4.28. The van der Waals surface area contributed by atoms with Crippen LogP contribution >= 0.6 is 15.9 Å². The number of hydrogen-bond acceptors (Lipinski definition) is 4. The first kappa shape index (κ1) is 18.7. The number of carbonyl (C=O) groups is 1. The average molecular weight is 457 g/mol. The quantitative estimate of drug-likeness (QED) is 0.471. The molecule has 0 unspecified atom stereocenters. The van der Waals surface area contributed by atoms with Gasteiger partial charge in [0.25, 0.3) is 0 Å². The van der Waals surface area contributed by atoms with E-state index in [1.807, 2.05) is 60.7 Å². The topological polar surface area (TPSA) is 62.0 Å². The Morgan fingerprint density at radius 2 is 1.47 bits per heavy atom. The lowest BCUT2D eigenvalue weighted by Gasteiger charge is -2.25. The van der Waals surface area contributed by atoms with E-state index in [-0.39, 0.29) is 29.1 Å². The molecule has 0 fully saturated rings. The van der Waals surface area contributed by atoms with Crippen LogP contribution < -0.4 is 0 Å². The van der Waals surface area contributed by atoms with Crippen LogP contribution in [0.1, 0.15) is 39.0 Å². The molecule has 5 heteroatoms. The van der Waals surface area contributed by atoms with Crippen LogP contribution in [0.3, 0.4) is 0 Å². The van der Waals surface area contributed by atoms with Gasteiger partial charge in [-0.05, 0) is 29.3 Å². The lowest BCUT2D eigenvalue weighted by molar-refractivity contribution is 0.103. The highest BCUT2D eigenvalue weighted by atomic mass is 79.9. The summed E-state index contributed by atoms with van der Waals surface area (Å²) in [6.45, 7) is 0. The zero-order chi connectivity index (χ0) is 20.7. The van der Waals surface area contributed by atoms with E-state index < -0.39 is 0 Å². The molecule has 0 saturated carbocycles. The van der Waals surface area contributed by atoms with Crippen LogP contribution in [-0.4, -0.2) is 10.9 Å². The summed E-state index contributed by atoms with van der Waals surface area (Å²) in [5, 5.41) is 19.7. The number of fused-ring (bicyclic) bond motifs is 1. The van der Waals surface area contributed by atoms with Gasteiger partial charge in [-0.25, -0.2) is 0 Å². The van der Waals surface area contributed by atoms with E-state index in [4.69, 9.17) is 0 Å². The number of nitrogens with zero attached hydrogens (tertiary/aromatic N) is 2. The summed E-state index contributed by atoms with van der Waals surface area (Å²) in [6.07, 6.45) is 1.95. The third-order valence-electron chi connectivity index (χ3n) is 5.51. The highest BCUT2D eigenvalue weighted by Gasteiger charge is 2.35. The Balaban J connectivity index is 1.60. The molecule has 1 aliphatic carbocycles. The van der Waals surface area contributed by atoms with Crippen LogP contribution in [-0.2, 0) is 0 Å². The summed E-state index contributed by atoms with van der Waals surface area (Å²) < 4.78 is 0.996. The number of Topliss-reactive ketones (excluding diaryl/α,β-unsaturated/α-hetero) is 1. The molecule has 0 spiro atoms. The normalized spacial score (nSPS) is 20.3. The molecule has 0 radical (unpaired) electrons. The van der Waals surface area contributed by atoms with Crippen molar-refractivity contribution < 1.29 is 9.90 Å². The van der Waals surface area contributed by atoms with Gasteiger partial charge in [-0.2, -0.15) is 10.2 Å². The number of azo groups is 1. The Kier molecular flexibility index (Phi) is 4.68. The molecule has 0 saturated heterocycles. The second-order valence-corrected chi connectivity index (χ2v) is 8.21. The van der Waals surface area contributed by atoms with E-state index >= 15 is 0 Å². The van der Waals surface area contributed by atoms with Gasteiger partial charge in [0.2, 0.25) is 0 Å². The van der Waals surface area contributed by atoms with Crippen LogP contribution in [0, 0.1) is 0 Å². The molecule has 1 heterocycles. The minimum absolute atomic E-state index is 0.0327. The second-order valence-electron chi connectivity index (χ2n) is 7.30. The number of carbonyl (C=O) groups excluding carboxylic acids is 1. The van der Waals surface area contributed by atoms with E-state index in [1.54, 1.807) is 24.3 Å². The number of aliphatic hydroxyl groups excluding tert-OH is 1. The molecular weight excluding hydrogens is 440 g/mol. The Labute approximate surface area is 182 Å².